The van der Waals surface area contributed by atoms with Crippen molar-refractivity contribution in [2.45, 2.75) is 58.5 Å². The number of benzene rings is 1. The first-order chi connectivity index (χ1) is 9.48. The number of hydrogen-bond acceptors (Lipinski definition) is 2. The van der Waals surface area contributed by atoms with Crippen LogP contribution < -0.4 is 5.32 Å². The third-order valence-electron chi connectivity index (χ3n) is 4.60. The van der Waals surface area contributed by atoms with Gasteiger partial charge in [-0.15, -0.1) is 0 Å². The van der Waals surface area contributed by atoms with Crippen LogP contribution in [0.3, 0.4) is 0 Å². The molecule has 1 aliphatic carbocycles. The lowest BCUT2D eigenvalue weighted by molar-refractivity contribution is 0.0868. The smallest absolute Gasteiger partial charge is 0.110 e. The van der Waals surface area contributed by atoms with Gasteiger partial charge < -0.3 is 0 Å². The summed E-state index contributed by atoms with van der Waals surface area (Å²) >= 11 is 0. The zero-order valence-electron chi connectivity index (χ0n) is 12.9. The van der Waals surface area contributed by atoms with Crippen molar-refractivity contribution in [1.29, 1.82) is 5.26 Å². The summed E-state index contributed by atoms with van der Waals surface area (Å²) < 4.78 is 0. The van der Waals surface area contributed by atoms with Crippen molar-refractivity contribution in [2.24, 2.45) is 11.3 Å². The molecule has 2 rings (SSSR count). The molecule has 0 heterocycles. The molecule has 0 bridgehead atoms. The molecule has 0 radical (unpaired) electrons. The first-order valence-electron chi connectivity index (χ1n) is 7.68. The average molecular weight is 270 g/mol. The minimum atomic E-state index is -0.369. The van der Waals surface area contributed by atoms with Crippen LogP contribution in [-0.4, -0.2) is 5.54 Å². The van der Waals surface area contributed by atoms with Crippen LogP contribution in [0.25, 0.3) is 0 Å². The van der Waals surface area contributed by atoms with Gasteiger partial charge in [0.15, 0.2) is 0 Å². The van der Waals surface area contributed by atoms with Gasteiger partial charge in [0.05, 0.1) is 6.07 Å². The molecule has 2 heteroatoms. The number of nitrogens with one attached hydrogen (secondary N) is 1. The Hall–Kier alpha value is -1.33. The Morgan fingerprint density at radius 1 is 1.25 bits per heavy atom. The van der Waals surface area contributed by atoms with Gasteiger partial charge in [0.25, 0.3) is 0 Å². The van der Waals surface area contributed by atoms with E-state index in [1.54, 1.807) is 0 Å². The summed E-state index contributed by atoms with van der Waals surface area (Å²) in [5, 5.41) is 13.4. The maximum Gasteiger partial charge on any atom is 0.110 e. The highest BCUT2D eigenvalue weighted by atomic mass is 15.0. The van der Waals surface area contributed by atoms with Crippen molar-refractivity contribution in [3.05, 3.63) is 35.9 Å². The molecule has 0 aliphatic heterocycles. The third kappa shape index (κ3) is 3.22. The summed E-state index contributed by atoms with van der Waals surface area (Å²) in [6.45, 7) is 7.57. The fourth-order valence-electron chi connectivity index (χ4n) is 3.59. The van der Waals surface area contributed by atoms with Gasteiger partial charge >= 0.3 is 0 Å². The SMILES string of the molecule is CC(C)(C)C1CCCCC1(C#N)NCc1ccccc1. The molecule has 0 aromatic heterocycles. The lowest BCUT2D eigenvalue weighted by Gasteiger charge is -2.46. The van der Waals surface area contributed by atoms with Gasteiger partial charge in [-0.1, -0.05) is 63.9 Å². The van der Waals surface area contributed by atoms with Gasteiger partial charge in [-0.3, -0.25) is 5.32 Å². The fourth-order valence-corrected chi connectivity index (χ4v) is 3.59. The largest absolute Gasteiger partial charge is 0.295 e. The highest BCUT2D eigenvalue weighted by Crippen LogP contribution is 2.44. The second-order valence-corrected chi connectivity index (χ2v) is 7.09. The van der Waals surface area contributed by atoms with Crippen LogP contribution in [0.1, 0.15) is 52.0 Å². The zero-order chi connectivity index (χ0) is 14.6. The van der Waals surface area contributed by atoms with Gasteiger partial charge in [0.2, 0.25) is 0 Å². The van der Waals surface area contributed by atoms with Gasteiger partial charge in [0, 0.05) is 6.54 Å². The minimum absolute atomic E-state index is 0.167. The van der Waals surface area contributed by atoms with Crippen molar-refractivity contribution in [2.75, 3.05) is 0 Å². The Balaban J connectivity index is 2.16. The van der Waals surface area contributed by atoms with Crippen LogP contribution >= 0.6 is 0 Å². The van der Waals surface area contributed by atoms with Crippen LogP contribution in [0.2, 0.25) is 0 Å². The summed E-state index contributed by atoms with van der Waals surface area (Å²) in [6, 6.07) is 13.0. The Labute approximate surface area is 123 Å². The molecule has 20 heavy (non-hydrogen) atoms. The molecule has 0 amide bonds. The predicted molar refractivity (Wildman–Crippen MR) is 83.0 cm³/mol. The highest BCUT2D eigenvalue weighted by molar-refractivity contribution is 5.19. The molecule has 108 valence electrons. The second-order valence-electron chi connectivity index (χ2n) is 7.09. The van der Waals surface area contributed by atoms with Crippen LogP contribution in [0.15, 0.2) is 30.3 Å². The number of hydrogen-bond donors (Lipinski definition) is 1. The van der Waals surface area contributed by atoms with E-state index < -0.39 is 0 Å². The van der Waals surface area contributed by atoms with Crippen molar-refractivity contribution in [1.82, 2.24) is 5.32 Å². The lowest BCUT2D eigenvalue weighted by Crippen LogP contribution is -2.55. The molecule has 1 N–H and O–H groups in total. The zero-order valence-corrected chi connectivity index (χ0v) is 12.9. The van der Waals surface area contributed by atoms with E-state index in [1.807, 2.05) is 6.07 Å². The molecular formula is C18H26N2. The van der Waals surface area contributed by atoms with Crippen molar-refractivity contribution in [3.8, 4) is 6.07 Å². The van der Waals surface area contributed by atoms with E-state index in [4.69, 9.17) is 0 Å². The summed E-state index contributed by atoms with van der Waals surface area (Å²) in [6.07, 6.45) is 4.53. The van der Waals surface area contributed by atoms with E-state index in [-0.39, 0.29) is 11.0 Å². The van der Waals surface area contributed by atoms with Crippen LogP contribution in [-0.2, 0) is 6.54 Å². The van der Waals surface area contributed by atoms with Gasteiger partial charge in [-0.2, -0.15) is 5.26 Å². The van der Waals surface area contributed by atoms with E-state index in [1.165, 1.54) is 12.0 Å². The van der Waals surface area contributed by atoms with Gasteiger partial charge in [-0.25, -0.2) is 0 Å². The first kappa shape index (κ1) is 15.1. The molecule has 1 fully saturated rings. The van der Waals surface area contributed by atoms with E-state index in [0.717, 1.165) is 25.8 Å². The molecule has 1 aromatic carbocycles. The molecular weight excluding hydrogens is 244 g/mol. The van der Waals surface area contributed by atoms with E-state index >= 15 is 0 Å². The molecule has 1 aliphatic rings. The standard InChI is InChI=1S/C18H26N2/c1-17(2,3)16-11-7-8-12-18(16,14-19)20-13-15-9-5-4-6-10-15/h4-6,9-10,16,20H,7-8,11-13H2,1-3H3. The summed E-state index contributed by atoms with van der Waals surface area (Å²) in [7, 11) is 0. The lowest BCUT2D eigenvalue weighted by atomic mass is 9.62. The normalized spacial score (nSPS) is 27.0. The minimum Gasteiger partial charge on any atom is -0.295 e. The topological polar surface area (TPSA) is 35.8 Å². The molecule has 1 saturated carbocycles. The molecule has 0 spiro atoms. The Kier molecular flexibility index (Phi) is 4.50. The molecule has 2 unspecified atom stereocenters. The van der Waals surface area contributed by atoms with Crippen molar-refractivity contribution in [3.63, 3.8) is 0 Å². The number of rotatable bonds is 3. The van der Waals surface area contributed by atoms with Gasteiger partial charge in [-0.05, 0) is 29.7 Å². The maximum absolute atomic E-state index is 9.84. The second kappa shape index (κ2) is 5.97. The van der Waals surface area contributed by atoms with Gasteiger partial charge in [0.1, 0.15) is 5.54 Å². The maximum atomic E-state index is 9.84. The Morgan fingerprint density at radius 2 is 1.95 bits per heavy atom. The predicted octanol–water partition coefficient (Wildman–Crippen LogP) is 4.27. The number of nitriles is 1. The average Bonchev–Trinajstić information content (AvgIpc) is 2.45. The van der Waals surface area contributed by atoms with Crippen LogP contribution in [0, 0.1) is 22.7 Å². The van der Waals surface area contributed by atoms with E-state index in [9.17, 15) is 5.26 Å². The van der Waals surface area contributed by atoms with Crippen molar-refractivity contribution >= 4 is 0 Å². The first-order valence-corrected chi connectivity index (χ1v) is 7.68. The third-order valence-corrected chi connectivity index (χ3v) is 4.60. The van der Waals surface area contributed by atoms with Crippen LogP contribution in [0.4, 0.5) is 0 Å². The summed E-state index contributed by atoms with van der Waals surface area (Å²) in [4.78, 5) is 0. The summed E-state index contributed by atoms with van der Waals surface area (Å²) in [5.74, 6) is 0.414. The van der Waals surface area contributed by atoms with Crippen LogP contribution in [0.5, 0.6) is 0 Å². The molecule has 2 atom stereocenters. The number of nitrogens with zero attached hydrogens (tertiary/aromatic N) is 1. The molecule has 0 saturated heterocycles. The summed E-state index contributed by atoms with van der Waals surface area (Å²) in [5.41, 5.74) is 1.05. The quantitative estimate of drug-likeness (QED) is 0.890. The molecule has 1 aromatic rings. The molecule has 2 nitrogen and oxygen atoms in total. The van der Waals surface area contributed by atoms with Crippen molar-refractivity contribution < 1.29 is 0 Å². The Morgan fingerprint density at radius 3 is 2.55 bits per heavy atom. The van der Waals surface area contributed by atoms with E-state index in [2.05, 4.69) is 56.4 Å². The Bertz CT molecular complexity index is 466. The highest BCUT2D eigenvalue weighted by Gasteiger charge is 2.46. The monoisotopic (exact) mass is 270 g/mol. The fraction of sp³-hybridized carbons (Fsp3) is 0.611. The van der Waals surface area contributed by atoms with E-state index in [0.29, 0.717) is 5.92 Å².